The van der Waals surface area contributed by atoms with Crippen molar-refractivity contribution in [3.8, 4) is 0 Å². The number of halogens is 1. The number of hydrogen-bond donors (Lipinski definition) is 2. The highest BCUT2D eigenvalue weighted by molar-refractivity contribution is 5.95. The van der Waals surface area contributed by atoms with Gasteiger partial charge < -0.3 is 10.6 Å². The van der Waals surface area contributed by atoms with Gasteiger partial charge in [0.15, 0.2) is 0 Å². The molecule has 1 aromatic heterocycles. The third kappa shape index (κ3) is 4.02. The Hall–Kier alpha value is -2.43. The third-order valence-corrected chi connectivity index (χ3v) is 3.10. The smallest absolute Gasteiger partial charge is 0.251 e. The molecule has 0 saturated carbocycles. The number of amides is 1. The van der Waals surface area contributed by atoms with Crippen molar-refractivity contribution in [3.63, 3.8) is 0 Å². The molecule has 21 heavy (non-hydrogen) atoms. The summed E-state index contributed by atoms with van der Waals surface area (Å²) in [6, 6.07) is 9.26. The molecule has 5 heteroatoms. The average molecular weight is 287 g/mol. The van der Waals surface area contributed by atoms with Gasteiger partial charge in [-0.1, -0.05) is 12.1 Å². The Morgan fingerprint density at radius 2 is 2.00 bits per heavy atom. The van der Waals surface area contributed by atoms with Crippen LogP contribution in [0, 0.1) is 5.82 Å². The van der Waals surface area contributed by atoms with Crippen LogP contribution >= 0.6 is 0 Å². The van der Waals surface area contributed by atoms with Crippen LogP contribution in [-0.2, 0) is 0 Å². The van der Waals surface area contributed by atoms with Crippen LogP contribution in [0.5, 0.6) is 0 Å². The van der Waals surface area contributed by atoms with E-state index in [1.165, 1.54) is 12.1 Å². The van der Waals surface area contributed by atoms with Crippen LogP contribution in [-0.4, -0.2) is 17.4 Å². The van der Waals surface area contributed by atoms with Gasteiger partial charge in [-0.05, 0) is 43.7 Å². The lowest BCUT2D eigenvalue weighted by Gasteiger charge is -2.14. The maximum absolute atomic E-state index is 12.9. The molecule has 0 saturated heterocycles. The molecule has 4 nitrogen and oxygen atoms in total. The third-order valence-electron chi connectivity index (χ3n) is 3.10. The van der Waals surface area contributed by atoms with Gasteiger partial charge >= 0.3 is 0 Å². The molecular weight excluding hydrogens is 269 g/mol. The van der Waals surface area contributed by atoms with E-state index in [-0.39, 0.29) is 17.8 Å². The van der Waals surface area contributed by atoms with Crippen LogP contribution in [0.15, 0.2) is 42.6 Å². The summed E-state index contributed by atoms with van der Waals surface area (Å²) in [5.74, 6) is 0.189. The minimum atomic E-state index is -0.290. The van der Waals surface area contributed by atoms with E-state index >= 15 is 0 Å². The lowest BCUT2D eigenvalue weighted by Crippen LogP contribution is -2.26. The first-order chi connectivity index (χ1) is 10.1. The van der Waals surface area contributed by atoms with Crippen molar-refractivity contribution >= 4 is 11.7 Å². The number of carbonyl (C=O) groups excluding carboxylic acids is 1. The molecule has 110 valence electrons. The van der Waals surface area contributed by atoms with Crippen LogP contribution in [0.2, 0.25) is 0 Å². The predicted molar refractivity (Wildman–Crippen MR) is 80.7 cm³/mol. The fourth-order valence-electron chi connectivity index (χ4n) is 1.96. The molecule has 1 aromatic carbocycles. The number of benzene rings is 1. The van der Waals surface area contributed by atoms with Gasteiger partial charge in [0, 0.05) is 18.3 Å². The molecule has 0 bridgehead atoms. The number of pyridine rings is 1. The zero-order valence-corrected chi connectivity index (χ0v) is 12.1. The van der Waals surface area contributed by atoms with E-state index in [0.29, 0.717) is 11.4 Å². The van der Waals surface area contributed by atoms with Crippen LogP contribution in [0.1, 0.15) is 35.8 Å². The lowest BCUT2D eigenvalue weighted by atomic mass is 10.1. The van der Waals surface area contributed by atoms with Crippen molar-refractivity contribution in [1.29, 1.82) is 0 Å². The number of aromatic nitrogens is 1. The summed E-state index contributed by atoms with van der Waals surface area (Å²) < 4.78 is 12.9. The summed E-state index contributed by atoms with van der Waals surface area (Å²) in [5, 5.41) is 5.95. The topological polar surface area (TPSA) is 54.0 Å². The molecule has 1 amide bonds. The molecule has 1 atom stereocenters. The van der Waals surface area contributed by atoms with Crippen LogP contribution < -0.4 is 10.6 Å². The van der Waals surface area contributed by atoms with Crippen molar-refractivity contribution in [3.05, 3.63) is 59.5 Å². The van der Waals surface area contributed by atoms with Crippen molar-refractivity contribution in [2.75, 3.05) is 11.9 Å². The summed E-state index contributed by atoms with van der Waals surface area (Å²) in [7, 11) is 0. The van der Waals surface area contributed by atoms with Gasteiger partial charge in [0.05, 0.1) is 6.04 Å². The zero-order valence-electron chi connectivity index (χ0n) is 12.1. The Kier molecular flexibility index (Phi) is 4.87. The van der Waals surface area contributed by atoms with Gasteiger partial charge in [-0.2, -0.15) is 0 Å². The Morgan fingerprint density at radius 1 is 1.29 bits per heavy atom. The fraction of sp³-hybridized carbons (Fsp3) is 0.250. The van der Waals surface area contributed by atoms with Gasteiger partial charge in [0.25, 0.3) is 5.91 Å². The largest absolute Gasteiger partial charge is 0.370 e. The summed E-state index contributed by atoms with van der Waals surface area (Å²) in [5.41, 5.74) is 1.39. The average Bonchev–Trinajstić information content (AvgIpc) is 2.48. The Balaban J connectivity index is 2.06. The van der Waals surface area contributed by atoms with Gasteiger partial charge in [0.1, 0.15) is 11.6 Å². The second-order valence-electron chi connectivity index (χ2n) is 4.71. The molecular formula is C16H18FN3O. The van der Waals surface area contributed by atoms with E-state index in [1.54, 1.807) is 30.5 Å². The first kappa shape index (κ1) is 15.0. The number of nitrogens with zero attached hydrogens (tertiary/aromatic N) is 1. The van der Waals surface area contributed by atoms with E-state index in [1.807, 2.05) is 13.8 Å². The summed E-state index contributed by atoms with van der Waals surface area (Å²) >= 11 is 0. The highest BCUT2D eigenvalue weighted by Gasteiger charge is 2.12. The SMILES string of the molecule is CCNc1cc(C(=O)NC(C)c2ccc(F)cc2)ccn1. The molecule has 0 aliphatic rings. The molecule has 0 aliphatic carbocycles. The maximum Gasteiger partial charge on any atom is 0.251 e. The summed E-state index contributed by atoms with van der Waals surface area (Å²) in [4.78, 5) is 16.3. The van der Waals surface area contributed by atoms with E-state index in [0.717, 1.165) is 12.1 Å². The number of anilines is 1. The number of nitrogens with one attached hydrogen (secondary N) is 2. The quantitative estimate of drug-likeness (QED) is 0.888. The maximum atomic E-state index is 12.9. The van der Waals surface area contributed by atoms with Gasteiger partial charge in [-0.3, -0.25) is 4.79 Å². The standard InChI is InChI=1S/C16H18FN3O/c1-3-18-15-10-13(8-9-19-15)16(21)20-11(2)12-4-6-14(17)7-5-12/h4-11H,3H2,1-2H3,(H,18,19)(H,20,21). The van der Waals surface area contributed by atoms with Gasteiger partial charge in [0.2, 0.25) is 0 Å². The number of hydrogen-bond acceptors (Lipinski definition) is 3. The second kappa shape index (κ2) is 6.83. The minimum Gasteiger partial charge on any atom is -0.370 e. The molecule has 0 spiro atoms. The van der Waals surface area contributed by atoms with Crippen molar-refractivity contribution in [1.82, 2.24) is 10.3 Å². The molecule has 1 heterocycles. The highest BCUT2D eigenvalue weighted by atomic mass is 19.1. The Morgan fingerprint density at radius 3 is 2.67 bits per heavy atom. The first-order valence-corrected chi connectivity index (χ1v) is 6.86. The van der Waals surface area contributed by atoms with Crippen LogP contribution in [0.4, 0.5) is 10.2 Å². The molecule has 0 fully saturated rings. The van der Waals surface area contributed by atoms with Crippen molar-refractivity contribution in [2.24, 2.45) is 0 Å². The van der Waals surface area contributed by atoms with Crippen LogP contribution in [0.3, 0.4) is 0 Å². The molecule has 2 aromatic rings. The summed E-state index contributed by atoms with van der Waals surface area (Å²) in [6.07, 6.45) is 1.59. The Labute approximate surface area is 123 Å². The van der Waals surface area contributed by atoms with E-state index < -0.39 is 0 Å². The first-order valence-electron chi connectivity index (χ1n) is 6.86. The monoisotopic (exact) mass is 287 g/mol. The normalized spacial score (nSPS) is 11.8. The molecule has 1 unspecified atom stereocenters. The fourth-order valence-corrected chi connectivity index (χ4v) is 1.96. The number of carbonyl (C=O) groups is 1. The minimum absolute atomic E-state index is 0.187. The molecule has 0 radical (unpaired) electrons. The van der Waals surface area contributed by atoms with Gasteiger partial charge in [-0.15, -0.1) is 0 Å². The molecule has 2 rings (SSSR count). The number of rotatable bonds is 5. The van der Waals surface area contributed by atoms with E-state index in [2.05, 4.69) is 15.6 Å². The van der Waals surface area contributed by atoms with Gasteiger partial charge in [-0.25, -0.2) is 9.37 Å². The summed E-state index contributed by atoms with van der Waals surface area (Å²) in [6.45, 7) is 4.56. The van der Waals surface area contributed by atoms with E-state index in [9.17, 15) is 9.18 Å². The van der Waals surface area contributed by atoms with E-state index in [4.69, 9.17) is 0 Å². The zero-order chi connectivity index (χ0) is 15.2. The molecule has 0 aliphatic heterocycles. The lowest BCUT2D eigenvalue weighted by molar-refractivity contribution is 0.0940. The van der Waals surface area contributed by atoms with Crippen molar-refractivity contribution in [2.45, 2.75) is 19.9 Å². The second-order valence-corrected chi connectivity index (χ2v) is 4.71. The highest BCUT2D eigenvalue weighted by Crippen LogP contribution is 2.14. The Bertz CT molecular complexity index is 613. The molecule has 2 N–H and O–H groups in total. The predicted octanol–water partition coefficient (Wildman–Crippen LogP) is 3.14. The van der Waals surface area contributed by atoms with Crippen molar-refractivity contribution < 1.29 is 9.18 Å². The van der Waals surface area contributed by atoms with Crippen LogP contribution in [0.25, 0.3) is 0 Å².